The lowest BCUT2D eigenvalue weighted by atomic mass is 9.97. The molecule has 0 saturated carbocycles. The van der Waals surface area contributed by atoms with E-state index in [9.17, 15) is 18.7 Å². The summed E-state index contributed by atoms with van der Waals surface area (Å²) in [6.07, 6.45) is 1.13. The Bertz CT molecular complexity index is 462. The highest BCUT2D eigenvalue weighted by molar-refractivity contribution is 5.78. The molecule has 1 rings (SSSR count). The Hall–Kier alpha value is -1.69. The third-order valence-corrected chi connectivity index (χ3v) is 3.42. The zero-order valence-corrected chi connectivity index (χ0v) is 12.2. The molecule has 0 aliphatic rings. The largest absolute Gasteiger partial charge is 0.435 e. The van der Waals surface area contributed by atoms with Gasteiger partial charge >= 0.3 is 6.61 Å². The van der Waals surface area contributed by atoms with Gasteiger partial charge in [-0.05, 0) is 30.5 Å². The number of hydrogen-bond acceptors (Lipinski definition) is 3. The third kappa shape index (κ3) is 6.08. The molecule has 4 nitrogen and oxygen atoms in total. The molecular formula is C15H21F2NO3. The lowest BCUT2D eigenvalue weighted by Crippen LogP contribution is -2.42. The molecule has 0 radical (unpaired) electrons. The molecule has 6 heteroatoms. The van der Waals surface area contributed by atoms with Gasteiger partial charge in [-0.1, -0.05) is 26.0 Å². The molecule has 0 atom stereocenters. The van der Waals surface area contributed by atoms with Crippen LogP contribution in [0.1, 0.15) is 32.3 Å². The summed E-state index contributed by atoms with van der Waals surface area (Å²) in [6.45, 7) is 0.978. The average molecular weight is 301 g/mol. The molecule has 0 bridgehead atoms. The Labute approximate surface area is 123 Å². The predicted octanol–water partition coefficient (Wildman–Crippen LogP) is 2.50. The Morgan fingerprint density at radius 1 is 1.38 bits per heavy atom. The Balaban J connectivity index is 2.55. The van der Waals surface area contributed by atoms with Gasteiger partial charge in [-0.3, -0.25) is 4.79 Å². The van der Waals surface area contributed by atoms with E-state index < -0.39 is 12.2 Å². The normalized spacial score (nSPS) is 11.5. The summed E-state index contributed by atoms with van der Waals surface area (Å²) in [5.74, 6) is -0.251. The van der Waals surface area contributed by atoms with Crippen molar-refractivity contribution in [3.8, 4) is 5.75 Å². The molecule has 118 valence electrons. The minimum absolute atomic E-state index is 0.0221. The maximum atomic E-state index is 12.1. The standard InChI is InChI=1S/C15H21F2NO3/c1-3-15(20,4-2)10-18-13(19)9-11-6-5-7-12(8-11)21-14(16)17/h5-8,14,20H,3-4,9-10H2,1-2H3,(H,18,19). The summed E-state index contributed by atoms with van der Waals surface area (Å²) < 4.78 is 28.5. The van der Waals surface area contributed by atoms with Gasteiger partial charge in [0.05, 0.1) is 12.0 Å². The van der Waals surface area contributed by atoms with E-state index in [0.717, 1.165) is 0 Å². The van der Waals surface area contributed by atoms with Crippen LogP contribution >= 0.6 is 0 Å². The van der Waals surface area contributed by atoms with Gasteiger partial charge in [0.15, 0.2) is 0 Å². The molecule has 2 N–H and O–H groups in total. The van der Waals surface area contributed by atoms with Crippen molar-refractivity contribution in [3.63, 3.8) is 0 Å². The molecule has 0 saturated heterocycles. The molecule has 0 heterocycles. The summed E-state index contributed by atoms with van der Waals surface area (Å²) >= 11 is 0. The highest BCUT2D eigenvalue weighted by atomic mass is 19.3. The number of nitrogens with one attached hydrogen (secondary N) is 1. The molecule has 0 aliphatic carbocycles. The fourth-order valence-corrected chi connectivity index (χ4v) is 1.84. The van der Waals surface area contributed by atoms with Crippen molar-refractivity contribution in [1.82, 2.24) is 5.32 Å². The van der Waals surface area contributed by atoms with Crippen molar-refractivity contribution in [1.29, 1.82) is 0 Å². The topological polar surface area (TPSA) is 58.6 Å². The minimum atomic E-state index is -2.89. The summed E-state index contributed by atoms with van der Waals surface area (Å²) in [5, 5.41) is 12.7. The first-order valence-corrected chi connectivity index (χ1v) is 6.91. The van der Waals surface area contributed by atoms with Crippen molar-refractivity contribution in [3.05, 3.63) is 29.8 Å². The molecular weight excluding hydrogens is 280 g/mol. The van der Waals surface area contributed by atoms with E-state index >= 15 is 0 Å². The molecule has 0 aromatic heterocycles. The van der Waals surface area contributed by atoms with Crippen molar-refractivity contribution in [2.45, 2.75) is 45.3 Å². The summed E-state index contributed by atoms with van der Waals surface area (Å²) in [7, 11) is 0. The van der Waals surface area contributed by atoms with Crippen LogP contribution in [0.2, 0.25) is 0 Å². The van der Waals surface area contributed by atoms with Crippen LogP contribution in [-0.4, -0.2) is 29.8 Å². The number of halogens is 2. The highest BCUT2D eigenvalue weighted by Crippen LogP contribution is 2.17. The van der Waals surface area contributed by atoms with Crippen molar-refractivity contribution < 1.29 is 23.4 Å². The van der Waals surface area contributed by atoms with E-state index in [1.54, 1.807) is 12.1 Å². The lowest BCUT2D eigenvalue weighted by molar-refractivity contribution is -0.121. The molecule has 21 heavy (non-hydrogen) atoms. The van der Waals surface area contributed by atoms with Crippen LogP contribution in [0.15, 0.2) is 24.3 Å². The zero-order chi connectivity index (χ0) is 15.9. The summed E-state index contributed by atoms with van der Waals surface area (Å²) in [5.41, 5.74) is -0.335. The number of hydrogen-bond donors (Lipinski definition) is 2. The number of alkyl halides is 2. The number of ether oxygens (including phenoxy) is 1. The molecule has 1 aromatic carbocycles. The van der Waals surface area contributed by atoms with Gasteiger partial charge in [-0.2, -0.15) is 8.78 Å². The van der Waals surface area contributed by atoms with Gasteiger partial charge in [-0.15, -0.1) is 0 Å². The maximum Gasteiger partial charge on any atom is 0.387 e. The predicted molar refractivity (Wildman–Crippen MR) is 75.3 cm³/mol. The van der Waals surface area contributed by atoms with Crippen molar-refractivity contribution in [2.24, 2.45) is 0 Å². The van der Waals surface area contributed by atoms with E-state index in [1.165, 1.54) is 12.1 Å². The van der Waals surface area contributed by atoms with Gasteiger partial charge < -0.3 is 15.2 Å². The van der Waals surface area contributed by atoms with E-state index in [4.69, 9.17) is 0 Å². The van der Waals surface area contributed by atoms with Crippen LogP contribution in [0.25, 0.3) is 0 Å². The smallest absolute Gasteiger partial charge is 0.387 e. The van der Waals surface area contributed by atoms with Crippen molar-refractivity contribution >= 4 is 5.91 Å². The second-order valence-corrected chi connectivity index (χ2v) is 4.91. The van der Waals surface area contributed by atoms with E-state index in [2.05, 4.69) is 10.1 Å². The van der Waals surface area contributed by atoms with E-state index in [1.807, 2.05) is 13.8 Å². The van der Waals surface area contributed by atoms with Crippen LogP contribution < -0.4 is 10.1 Å². The molecule has 0 unspecified atom stereocenters. The van der Waals surface area contributed by atoms with Crippen LogP contribution in [0.5, 0.6) is 5.75 Å². The van der Waals surface area contributed by atoms with Crippen LogP contribution in [0.4, 0.5) is 8.78 Å². The van der Waals surface area contributed by atoms with E-state index in [0.29, 0.717) is 18.4 Å². The SMILES string of the molecule is CCC(O)(CC)CNC(=O)Cc1cccc(OC(F)F)c1. The number of rotatable bonds is 8. The number of carbonyl (C=O) groups excluding carboxylic acids is 1. The Kier molecular flexibility index (Phi) is 6.55. The zero-order valence-electron chi connectivity index (χ0n) is 12.2. The number of amides is 1. The van der Waals surface area contributed by atoms with Crippen LogP contribution in [0.3, 0.4) is 0 Å². The first-order valence-electron chi connectivity index (χ1n) is 6.91. The third-order valence-electron chi connectivity index (χ3n) is 3.42. The number of benzene rings is 1. The monoisotopic (exact) mass is 301 g/mol. The molecule has 1 amide bonds. The molecule has 1 aromatic rings. The summed E-state index contributed by atoms with van der Waals surface area (Å²) in [4.78, 5) is 11.8. The van der Waals surface area contributed by atoms with Crippen molar-refractivity contribution in [2.75, 3.05) is 6.54 Å². The van der Waals surface area contributed by atoms with Crippen LogP contribution in [-0.2, 0) is 11.2 Å². The number of carbonyl (C=O) groups is 1. The molecule has 0 spiro atoms. The first kappa shape index (κ1) is 17.4. The number of aliphatic hydroxyl groups is 1. The van der Waals surface area contributed by atoms with Gasteiger partial charge in [0.2, 0.25) is 5.91 Å². The Morgan fingerprint density at radius 3 is 2.62 bits per heavy atom. The second kappa shape index (κ2) is 7.93. The second-order valence-electron chi connectivity index (χ2n) is 4.91. The fourth-order valence-electron chi connectivity index (χ4n) is 1.84. The van der Waals surface area contributed by atoms with Gasteiger partial charge in [0, 0.05) is 6.54 Å². The Morgan fingerprint density at radius 2 is 2.05 bits per heavy atom. The highest BCUT2D eigenvalue weighted by Gasteiger charge is 2.22. The van der Waals surface area contributed by atoms with Gasteiger partial charge in [0.25, 0.3) is 0 Å². The summed E-state index contributed by atoms with van der Waals surface area (Å²) in [6, 6.07) is 6.01. The minimum Gasteiger partial charge on any atom is -0.435 e. The molecule has 0 aliphatic heterocycles. The van der Waals surface area contributed by atoms with Gasteiger partial charge in [0.1, 0.15) is 5.75 Å². The van der Waals surface area contributed by atoms with E-state index in [-0.39, 0.29) is 24.6 Å². The molecule has 0 fully saturated rings. The quantitative estimate of drug-likeness (QED) is 0.775. The maximum absolute atomic E-state index is 12.1. The fraction of sp³-hybridized carbons (Fsp3) is 0.533. The lowest BCUT2D eigenvalue weighted by Gasteiger charge is -2.25. The van der Waals surface area contributed by atoms with Gasteiger partial charge in [-0.25, -0.2) is 0 Å². The van der Waals surface area contributed by atoms with Crippen LogP contribution in [0, 0.1) is 0 Å². The average Bonchev–Trinajstić information content (AvgIpc) is 2.44. The first-order chi connectivity index (χ1) is 9.88.